The minimum atomic E-state index is 0.0780. The standard InChI is InChI=1S/C12H18BrNO/c1-4-14(9(2)3)11-6-5-10(8-15)12(13)7-11/h5-7,9,15H,4,8H2,1-3H3. The summed E-state index contributed by atoms with van der Waals surface area (Å²) in [6.45, 7) is 7.57. The van der Waals surface area contributed by atoms with E-state index in [1.807, 2.05) is 6.07 Å². The van der Waals surface area contributed by atoms with Gasteiger partial charge in [0.1, 0.15) is 0 Å². The van der Waals surface area contributed by atoms with Gasteiger partial charge in [-0.15, -0.1) is 0 Å². The van der Waals surface area contributed by atoms with Crippen LogP contribution in [0.25, 0.3) is 0 Å². The molecule has 0 saturated heterocycles. The zero-order valence-electron chi connectivity index (χ0n) is 9.50. The van der Waals surface area contributed by atoms with E-state index in [4.69, 9.17) is 5.11 Å². The van der Waals surface area contributed by atoms with Gasteiger partial charge in [0.15, 0.2) is 0 Å². The van der Waals surface area contributed by atoms with Crippen LogP contribution in [0, 0.1) is 0 Å². The quantitative estimate of drug-likeness (QED) is 0.910. The maximum atomic E-state index is 9.07. The molecule has 0 atom stereocenters. The van der Waals surface area contributed by atoms with Crippen LogP contribution in [0.1, 0.15) is 26.3 Å². The largest absolute Gasteiger partial charge is 0.392 e. The van der Waals surface area contributed by atoms with E-state index in [-0.39, 0.29) is 6.61 Å². The van der Waals surface area contributed by atoms with E-state index in [0.29, 0.717) is 6.04 Å². The summed E-state index contributed by atoms with van der Waals surface area (Å²) < 4.78 is 0.974. The highest BCUT2D eigenvalue weighted by molar-refractivity contribution is 9.10. The molecule has 3 heteroatoms. The first-order valence-electron chi connectivity index (χ1n) is 5.26. The number of hydrogen-bond acceptors (Lipinski definition) is 2. The van der Waals surface area contributed by atoms with E-state index in [1.54, 1.807) is 0 Å². The van der Waals surface area contributed by atoms with Crippen LogP contribution in [0.15, 0.2) is 22.7 Å². The molecule has 1 N–H and O–H groups in total. The van der Waals surface area contributed by atoms with Gasteiger partial charge in [-0.1, -0.05) is 22.0 Å². The fourth-order valence-electron chi connectivity index (χ4n) is 1.69. The smallest absolute Gasteiger partial charge is 0.0692 e. The van der Waals surface area contributed by atoms with Crippen molar-refractivity contribution < 1.29 is 5.11 Å². The number of anilines is 1. The Labute approximate surface area is 100 Å². The van der Waals surface area contributed by atoms with E-state index < -0.39 is 0 Å². The van der Waals surface area contributed by atoms with Crippen molar-refractivity contribution in [2.24, 2.45) is 0 Å². The molecule has 0 aliphatic rings. The molecule has 1 aromatic carbocycles. The van der Waals surface area contributed by atoms with E-state index >= 15 is 0 Å². The van der Waals surface area contributed by atoms with Crippen LogP contribution in [-0.2, 0) is 6.61 Å². The average molecular weight is 272 g/mol. The molecule has 0 radical (unpaired) electrons. The number of hydrogen-bond donors (Lipinski definition) is 1. The molecule has 0 aromatic heterocycles. The Balaban J connectivity index is 3.00. The van der Waals surface area contributed by atoms with Crippen LogP contribution < -0.4 is 4.90 Å². The molecule has 0 bridgehead atoms. The lowest BCUT2D eigenvalue weighted by Crippen LogP contribution is -2.30. The summed E-state index contributed by atoms with van der Waals surface area (Å²) in [6.07, 6.45) is 0. The van der Waals surface area contributed by atoms with Gasteiger partial charge in [-0.25, -0.2) is 0 Å². The molecule has 1 aromatic rings. The Kier molecular flexibility index (Phi) is 4.61. The summed E-state index contributed by atoms with van der Waals surface area (Å²) >= 11 is 3.47. The van der Waals surface area contributed by atoms with Crippen molar-refractivity contribution in [2.75, 3.05) is 11.4 Å². The third kappa shape index (κ3) is 2.95. The van der Waals surface area contributed by atoms with Crippen molar-refractivity contribution in [3.8, 4) is 0 Å². The Morgan fingerprint density at radius 1 is 1.40 bits per heavy atom. The van der Waals surface area contributed by atoms with Gasteiger partial charge in [0.2, 0.25) is 0 Å². The lowest BCUT2D eigenvalue weighted by molar-refractivity contribution is 0.281. The molecule has 84 valence electrons. The minimum absolute atomic E-state index is 0.0780. The topological polar surface area (TPSA) is 23.5 Å². The second-order valence-corrected chi connectivity index (χ2v) is 4.67. The number of aliphatic hydroxyl groups excluding tert-OH is 1. The van der Waals surface area contributed by atoms with Crippen molar-refractivity contribution in [3.05, 3.63) is 28.2 Å². The highest BCUT2D eigenvalue weighted by Gasteiger charge is 2.09. The Morgan fingerprint density at radius 2 is 2.07 bits per heavy atom. The zero-order chi connectivity index (χ0) is 11.4. The molecule has 1 rings (SSSR count). The molecule has 2 nitrogen and oxygen atoms in total. The number of nitrogens with zero attached hydrogens (tertiary/aromatic N) is 1. The van der Waals surface area contributed by atoms with E-state index in [9.17, 15) is 0 Å². The van der Waals surface area contributed by atoms with Crippen LogP contribution >= 0.6 is 15.9 Å². The van der Waals surface area contributed by atoms with Gasteiger partial charge in [0.05, 0.1) is 6.61 Å². The third-order valence-corrected chi connectivity index (χ3v) is 3.24. The molecule has 0 unspecified atom stereocenters. The normalized spacial score (nSPS) is 10.8. The number of rotatable bonds is 4. The number of benzene rings is 1. The highest BCUT2D eigenvalue weighted by atomic mass is 79.9. The molecule has 15 heavy (non-hydrogen) atoms. The van der Waals surface area contributed by atoms with E-state index in [0.717, 1.165) is 16.6 Å². The molecule has 0 saturated carbocycles. The Morgan fingerprint density at radius 3 is 2.47 bits per heavy atom. The Bertz CT molecular complexity index is 325. The molecule has 0 spiro atoms. The molecule has 0 fully saturated rings. The summed E-state index contributed by atoms with van der Waals surface area (Å²) in [7, 11) is 0. The van der Waals surface area contributed by atoms with Crippen molar-refractivity contribution in [3.63, 3.8) is 0 Å². The lowest BCUT2D eigenvalue weighted by atomic mass is 10.2. The minimum Gasteiger partial charge on any atom is -0.392 e. The molecule has 0 aliphatic heterocycles. The zero-order valence-corrected chi connectivity index (χ0v) is 11.1. The molecular formula is C12H18BrNO. The van der Waals surface area contributed by atoms with Gasteiger partial charge in [-0.2, -0.15) is 0 Å². The first kappa shape index (κ1) is 12.5. The maximum absolute atomic E-state index is 9.07. The van der Waals surface area contributed by atoms with Gasteiger partial charge >= 0.3 is 0 Å². The summed E-state index contributed by atoms with van der Waals surface area (Å²) in [5.74, 6) is 0. The van der Waals surface area contributed by atoms with Crippen LogP contribution in [0.5, 0.6) is 0 Å². The number of halogens is 1. The molecule has 0 aliphatic carbocycles. The van der Waals surface area contributed by atoms with Gasteiger partial charge < -0.3 is 10.0 Å². The predicted octanol–water partition coefficient (Wildman–Crippen LogP) is 3.18. The van der Waals surface area contributed by atoms with Crippen molar-refractivity contribution in [1.82, 2.24) is 0 Å². The fourth-order valence-corrected chi connectivity index (χ4v) is 2.18. The monoisotopic (exact) mass is 271 g/mol. The van der Waals surface area contributed by atoms with Crippen LogP contribution in [0.2, 0.25) is 0 Å². The first-order chi connectivity index (χ1) is 7.10. The summed E-state index contributed by atoms with van der Waals surface area (Å²) in [6, 6.07) is 6.57. The second kappa shape index (κ2) is 5.52. The molecule has 0 heterocycles. The van der Waals surface area contributed by atoms with E-state index in [1.165, 1.54) is 5.69 Å². The first-order valence-corrected chi connectivity index (χ1v) is 6.05. The van der Waals surface area contributed by atoms with Gasteiger partial charge in [-0.3, -0.25) is 0 Å². The van der Waals surface area contributed by atoms with E-state index in [2.05, 4.69) is 53.7 Å². The summed E-state index contributed by atoms with van der Waals surface area (Å²) in [5.41, 5.74) is 2.12. The van der Waals surface area contributed by atoms with Crippen molar-refractivity contribution in [1.29, 1.82) is 0 Å². The Hall–Kier alpha value is -0.540. The van der Waals surface area contributed by atoms with Crippen molar-refractivity contribution >= 4 is 21.6 Å². The summed E-state index contributed by atoms with van der Waals surface area (Å²) in [5, 5.41) is 9.07. The predicted molar refractivity (Wildman–Crippen MR) is 68.2 cm³/mol. The van der Waals surface area contributed by atoms with Gasteiger partial charge in [-0.05, 0) is 38.5 Å². The molecular weight excluding hydrogens is 254 g/mol. The van der Waals surface area contributed by atoms with Crippen LogP contribution in [-0.4, -0.2) is 17.7 Å². The highest BCUT2D eigenvalue weighted by Crippen LogP contribution is 2.25. The third-order valence-electron chi connectivity index (χ3n) is 2.50. The lowest BCUT2D eigenvalue weighted by Gasteiger charge is -2.28. The van der Waals surface area contributed by atoms with Crippen LogP contribution in [0.3, 0.4) is 0 Å². The number of aliphatic hydroxyl groups is 1. The SMILES string of the molecule is CCN(c1ccc(CO)c(Br)c1)C(C)C. The van der Waals surface area contributed by atoms with Crippen molar-refractivity contribution in [2.45, 2.75) is 33.4 Å². The van der Waals surface area contributed by atoms with Crippen LogP contribution in [0.4, 0.5) is 5.69 Å². The van der Waals surface area contributed by atoms with Gasteiger partial charge in [0.25, 0.3) is 0 Å². The van der Waals surface area contributed by atoms with Gasteiger partial charge in [0, 0.05) is 22.7 Å². The molecule has 0 amide bonds. The second-order valence-electron chi connectivity index (χ2n) is 3.81. The summed E-state index contributed by atoms with van der Waals surface area (Å²) in [4.78, 5) is 2.31. The average Bonchev–Trinajstić information content (AvgIpc) is 2.18. The fraction of sp³-hybridized carbons (Fsp3) is 0.500. The maximum Gasteiger partial charge on any atom is 0.0692 e.